The number of aromatic carboxylic acids is 1. The van der Waals surface area contributed by atoms with Gasteiger partial charge in [0.05, 0.1) is 0 Å². The first-order valence-corrected chi connectivity index (χ1v) is 16.1. The van der Waals surface area contributed by atoms with E-state index < -0.39 is 14.0 Å². The van der Waals surface area contributed by atoms with Gasteiger partial charge in [0.2, 0.25) is 0 Å². The van der Waals surface area contributed by atoms with Crippen LogP contribution in [0.2, 0.25) is 25.7 Å². The summed E-state index contributed by atoms with van der Waals surface area (Å²) in [4.78, 5) is 12.0. The van der Waals surface area contributed by atoms with Crippen molar-refractivity contribution in [1.82, 2.24) is 9.78 Å². The molecule has 0 amide bonds. The Bertz CT molecular complexity index is 878. The number of aromatic nitrogens is 2. The van der Waals surface area contributed by atoms with Crippen LogP contribution in [-0.2, 0) is 24.3 Å². The second kappa shape index (κ2) is 9.45. The molecule has 0 aromatic carbocycles. The molecule has 0 fully saturated rings. The van der Waals surface area contributed by atoms with Crippen molar-refractivity contribution in [2.24, 2.45) is 10.8 Å². The van der Waals surface area contributed by atoms with E-state index in [-0.39, 0.29) is 11.1 Å². The normalized spacial score (nSPS) is 23.3. The minimum Gasteiger partial charge on any atom is -0.476 e. The van der Waals surface area contributed by atoms with Crippen LogP contribution in [0.25, 0.3) is 0 Å². The Labute approximate surface area is 195 Å². The molecule has 1 atom stereocenters. The third-order valence-electron chi connectivity index (χ3n) is 7.65. The van der Waals surface area contributed by atoms with Gasteiger partial charge in [-0.15, -0.1) is 0 Å². The van der Waals surface area contributed by atoms with Crippen LogP contribution in [0.3, 0.4) is 0 Å². The Morgan fingerprint density at radius 1 is 1.16 bits per heavy atom. The summed E-state index contributed by atoms with van der Waals surface area (Å²) in [6.07, 6.45) is 8.72. The summed E-state index contributed by atoms with van der Waals surface area (Å²) >= 11 is 0. The lowest BCUT2D eigenvalue weighted by Gasteiger charge is -2.37. The van der Waals surface area contributed by atoms with Gasteiger partial charge in [-0.2, -0.15) is 5.10 Å². The summed E-state index contributed by atoms with van der Waals surface area (Å²) in [6, 6.07) is 1.10. The lowest BCUT2D eigenvalue weighted by atomic mass is 9.68. The fourth-order valence-electron chi connectivity index (χ4n) is 5.23. The van der Waals surface area contributed by atoms with Crippen molar-refractivity contribution in [2.75, 3.05) is 6.61 Å². The summed E-state index contributed by atoms with van der Waals surface area (Å²) in [5.41, 5.74) is 5.99. The van der Waals surface area contributed by atoms with Crippen molar-refractivity contribution >= 4 is 14.0 Å². The number of hydrogen-bond donors (Lipinski definition) is 1. The van der Waals surface area contributed by atoms with E-state index in [4.69, 9.17) is 4.74 Å². The fourth-order valence-corrected chi connectivity index (χ4v) is 5.99. The van der Waals surface area contributed by atoms with Crippen LogP contribution in [0, 0.1) is 10.8 Å². The highest BCUT2D eigenvalue weighted by Crippen LogP contribution is 2.45. The maximum absolute atomic E-state index is 12.0. The second-order valence-electron chi connectivity index (χ2n) is 12.6. The first kappa shape index (κ1) is 25.2. The molecule has 1 aromatic heterocycles. The zero-order valence-corrected chi connectivity index (χ0v) is 22.4. The molecule has 0 spiro atoms. The predicted octanol–water partition coefficient (Wildman–Crippen LogP) is 6.70. The molecule has 2 aliphatic rings. The van der Waals surface area contributed by atoms with Crippen LogP contribution in [0.15, 0.2) is 11.1 Å². The van der Waals surface area contributed by atoms with Crippen molar-refractivity contribution in [1.29, 1.82) is 0 Å². The predicted molar refractivity (Wildman–Crippen MR) is 133 cm³/mol. The Kier molecular flexibility index (Phi) is 7.45. The Balaban J connectivity index is 1.69. The number of fused-ring (bicyclic) bond motifs is 1. The first-order valence-electron chi connectivity index (χ1n) is 12.4. The number of nitrogens with zero attached hydrogens (tertiary/aromatic N) is 2. The van der Waals surface area contributed by atoms with Crippen molar-refractivity contribution in [3.05, 3.63) is 28.1 Å². The summed E-state index contributed by atoms with van der Waals surface area (Å²) in [5.74, 6) is -0.918. The Hall–Kier alpha value is -1.40. The molecule has 1 aromatic rings. The molecule has 1 heterocycles. The van der Waals surface area contributed by atoms with E-state index in [1.165, 1.54) is 19.3 Å². The second-order valence-corrected chi connectivity index (χ2v) is 18.3. The van der Waals surface area contributed by atoms with Crippen LogP contribution >= 0.6 is 0 Å². The maximum Gasteiger partial charge on any atom is 0.356 e. The number of rotatable bonds is 9. The van der Waals surface area contributed by atoms with E-state index in [1.54, 1.807) is 11.1 Å². The average molecular weight is 461 g/mol. The molecule has 1 N–H and O–H groups in total. The topological polar surface area (TPSA) is 64.3 Å². The van der Waals surface area contributed by atoms with E-state index in [2.05, 4.69) is 52.4 Å². The first-order chi connectivity index (χ1) is 14.8. The van der Waals surface area contributed by atoms with Crippen LogP contribution in [0.5, 0.6) is 0 Å². The molecule has 0 saturated heterocycles. The maximum atomic E-state index is 12.0. The number of carboxylic acids is 1. The van der Waals surface area contributed by atoms with Crippen molar-refractivity contribution in [2.45, 2.75) is 111 Å². The van der Waals surface area contributed by atoms with Gasteiger partial charge in [-0.25, -0.2) is 9.48 Å². The van der Waals surface area contributed by atoms with Crippen molar-refractivity contribution < 1.29 is 14.6 Å². The molecule has 0 radical (unpaired) electrons. The SMILES string of the molecule is CC1=C(CCC2(C)CCc3c(c(C(=O)O)nn3COCC[Si](C)(C)C)C2)CC(C)(C)CC1. The molecule has 5 nitrogen and oxygen atoms in total. The largest absolute Gasteiger partial charge is 0.476 e. The zero-order chi connectivity index (χ0) is 23.7. The molecule has 32 heavy (non-hydrogen) atoms. The van der Waals surface area contributed by atoms with Gasteiger partial charge in [0, 0.05) is 25.9 Å². The minimum atomic E-state index is -1.15. The van der Waals surface area contributed by atoms with Crippen LogP contribution in [-0.4, -0.2) is 35.5 Å². The van der Waals surface area contributed by atoms with Gasteiger partial charge in [0.25, 0.3) is 0 Å². The molecular formula is C26H44N2O3Si. The van der Waals surface area contributed by atoms with Gasteiger partial charge < -0.3 is 9.84 Å². The quantitative estimate of drug-likeness (QED) is 0.253. The molecular weight excluding hydrogens is 416 g/mol. The fraction of sp³-hybridized carbons (Fsp3) is 0.769. The summed E-state index contributed by atoms with van der Waals surface area (Å²) in [5, 5.41) is 14.3. The van der Waals surface area contributed by atoms with Gasteiger partial charge in [0.1, 0.15) is 6.73 Å². The molecule has 0 saturated carbocycles. The number of carbonyl (C=O) groups is 1. The Morgan fingerprint density at radius 3 is 2.53 bits per heavy atom. The number of ether oxygens (including phenoxy) is 1. The van der Waals surface area contributed by atoms with Gasteiger partial charge in [-0.3, -0.25) is 0 Å². The van der Waals surface area contributed by atoms with Gasteiger partial charge in [-0.05, 0) is 75.2 Å². The molecule has 6 heteroatoms. The van der Waals surface area contributed by atoms with E-state index in [0.29, 0.717) is 12.1 Å². The number of carboxylic acid groups (broad SMARTS) is 1. The van der Waals surface area contributed by atoms with E-state index >= 15 is 0 Å². The molecule has 0 aliphatic heterocycles. The summed E-state index contributed by atoms with van der Waals surface area (Å²) in [7, 11) is -1.15. The van der Waals surface area contributed by atoms with Gasteiger partial charge >= 0.3 is 5.97 Å². The lowest BCUT2D eigenvalue weighted by Crippen LogP contribution is -2.28. The van der Waals surface area contributed by atoms with Crippen molar-refractivity contribution in [3.63, 3.8) is 0 Å². The van der Waals surface area contributed by atoms with Crippen LogP contribution in [0.1, 0.15) is 88.0 Å². The standard InChI is InChI=1S/C26H44N2O3Si/c1-19-8-11-25(2,3)16-20(19)9-12-26(4)13-10-22-21(17-26)23(24(29)30)27-28(22)18-31-14-15-32(5,6)7/h8-18H2,1-7H3,(H,29,30). The third-order valence-corrected chi connectivity index (χ3v) is 9.35. The van der Waals surface area contributed by atoms with Crippen molar-refractivity contribution in [3.8, 4) is 0 Å². The third kappa shape index (κ3) is 6.34. The Morgan fingerprint density at radius 2 is 1.88 bits per heavy atom. The van der Waals surface area contributed by atoms with E-state index in [1.807, 2.05) is 4.68 Å². The van der Waals surface area contributed by atoms with Gasteiger partial charge in [-0.1, -0.05) is 51.6 Å². The summed E-state index contributed by atoms with van der Waals surface area (Å²) < 4.78 is 7.72. The van der Waals surface area contributed by atoms with Crippen LogP contribution < -0.4 is 0 Å². The zero-order valence-electron chi connectivity index (χ0n) is 21.4. The molecule has 1 unspecified atom stereocenters. The minimum absolute atomic E-state index is 0.124. The average Bonchev–Trinajstić information content (AvgIpc) is 3.03. The van der Waals surface area contributed by atoms with Gasteiger partial charge in [0.15, 0.2) is 5.69 Å². The van der Waals surface area contributed by atoms with E-state index in [0.717, 1.165) is 56.0 Å². The highest BCUT2D eigenvalue weighted by Gasteiger charge is 2.36. The monoisotopic (exact) mass is 460 g/mol. The highest BCUT2D eigenvalue weighted by atomic mass is 28.3. The molecule has 2 aliphatic carbocycles. The lowest BCUT2D eigenvalue weighted by molar-refractivity contribution is 0.0668. The highest BCUT2D eigenvalue weighted by molar-refractivity contribution is 6.76. The van der Waals surface area contributed by atoms with E-state index in [9.17, 15) is 9.90 Å². The molecule has 0 bridgehead atoms. The molecule has 180 valence electrons. The number of hydrogen-bond acceptors (Lipinski definition) is 3. The smallest absolute Gasteiger partial charge is 0.356 e. The van der Waals surface area contributed by atoms with Crippen LogP contribution in [0.4, 0.5) is 0 Å². The summed E-state index contributed by atoms with van der Waals surface area (Å²) in [6.45, 7) is 17.5. The molecule has 3 rings (SSSR count). The number of allylic oxidation sites excluding steroid dienone is 2.